The van der Waals surface area contributed by atoms with Crippen LogP contribution in [0, 0.1) is 5.82 Å². The molecule has 0 N–H and O–H groups in total. The Morgan fingerprint density at radius 2 is 1.12 bits per heavy atom. The van der Waals surface area contributed by atoms with E-state index in [2.05, 4.69) is 10.2 Å². The van der Waals surface area contributed by atoms with Crippen LogP contribution in [0.15, 0.2) is 95.1 Å². The van der Waals surface area contributed by atoms with Crippen LogP contribution in [0.2, 0.25) is 0 Å². The molecule has 0 amide bonds. The zero-order valence-electron chi connectivity index (χ0n) is 13.4. The zero-order valence-corrected chi connectivity index (χ0v) is 13.4. The minimum Gasteiger partial charge on any atom is -0.207 e. The van der Waals surface area contributed by atoms with Gasteiger partial charge in [0.15, 0.2) is 0 Å². The van der Waals surface area contributed by atoms with E-state index >= 15 is 0 Å². The number of hydrogen-bond donors (Lipinski definition) is 0. The van der Waals surface area contributed by atoms with Gasteiger partial charge in [0.25, 0.3) is 0 Å². The fourth-order valence-corrected chi connectivity index (χ4v) is 2.35. The number of halogens is 1. The lowest BCUT2D eigenvalue weighted by Crippen LogP contribution is -2.03. The summed E-state index contributed by atoms with van der Waals surface area (Å²) in [6.07, 6.45) is 0. The molecule has 0 aliphatic heterocycles. The predicted octanol–water partition coefficient (Wildman–Crippen LogP) is 5.09. The van der Waals surface area contributed by atoms with Crippen molar-refractivity contribution in [3.8, 4) is 0 Å². The third-order valence-corrected chi connectivity index (χ3v) is 3.66. The Hall–Kier alpha value is -3.07. The van der Waals surface area contributed by atoms with Crippen molar-refractivity contribution in [2.24, 2.45) is 10.2 Å². The summed E-state index contributed by atoms with van der Waals surface area (Å²) in [6.45, 7) is 1.87. The van der Waals surface area contributed by atoms with Crippen LogP contribution in [0.1, 0.15) is 23.6 Å². The molecule has 0 aliphatic rings. The highest BCUT2D eigenvalue weighted by atomic mass is 19.1. The first-order valence-electron chi connectivity index (χ1n) is 7.73. The SMILES string of the molecule is C/C(=N/N=C(c1ccccc1)c1ccccc1)c1ccc(F)cc1. The largest absolute Gasteiger partial charge is 0.207 e. The van der Waals surface area contributed by atoms with Crippen LogP contribution in [-0.4, -0.2) is 11.4 Å². The van der Waals surface area contributed by atoms with E-state index in [4.69, 9.17) is 0 Å². The summed E-state index contributed by atoms with van der Waals surface area (Å²) in [6, 6.07) is 26.1. The lowest BCUT2D eigenvalue weighted by atomic mass is 10.0. The summed E-state index contributed by atoms with van der Waals surface area (Å²) in [7, 11) is 0. The highest BCUT2D eigenvalue weighted by molar-refractivity contribution is 6.13. The van der Waals surface area contributed by atoms with E-state index in [9.17, 15) is 4.39 Å². The lowest BCUT2D eigenvalue weighted by Gasteiger charge is -2.06. The van der Waals surface area contributed by atoms with E-state index < -0.39 is 0 Å². The van der Waals surface area contributed by atoms with E-state index in [0.717, 1.165) is 28.1 Å². The molecule has 3 aromatic rings. The molecule has 0 saturated carbocycles. The Balaban J connectivity index is 2.01. The first-order valence-corrected chi connectivity index (χ1v) is 7.73. The molecule has 2 nitrogen and oxygen atoms in total. The maximum absolute atomic E-state index is 13.0. The van der Waals surface area contributed by atoms with Crippen LogP contribution in [0.25, 0.3) is 0 Å². The first kappa shape index (κ1) is 15.8. The predicted molar refractivity (Wildman–Crippen MR) is 97.1 cm³/mol. The van der Waals surface area contributed by atoms with Crippen LogP contribution in [0.4, 0.5) is 4.39 Å². The van der Waals surface area contributed by atoms with Gasteiger partial charge in [-0.25, -0.2) is 4.39 Å². The van der Waals surface area contributed by atoms with Crippen molar-refractivity contribution in [3.05, 3.63) is 107 Å². The van der Waals surface area contributed by atoms with E-state index in [-0.39, 0.29) is 5.82 Å². The topological polar surface area (TPSA) is 24.7 Å². The highest BCUT2D eigenvalue weighted by Gasteiger charge is 2.06. The average Bonchev–Trinajstić information content (AvgIpc) is 2.64. The Labute approximate surface area is 141 Å². The number of hydrogen-bond acceptors (Lipinski definition) is 2. The second kappa shape index (κ2) is 7.47. The summed E-state index contributed by atoms with van der Waals surface area (Å²) < 4.78 is 13.0. The normalized spacial score (nSPS) is 11.2. The van der Waals surface area contributed by atoms with Gasteiger partial charge < -0.3 is 0 Å². The molecule has 0 saturated heterocycles. The van der Waals surface area contributed by atoms with Crippen LogP contribution in [0.5, 0.6) is 0 Å². The van der Waals surface area contributed by atoms with Crippen molar-refractivity contribution >= 4 is 11.4 Å². The van der Waals surface area contributed by atoms with Crippen molar-refractivity contribution < 1.29 is 4.39 Å². The molecule has 0 atom stereocenters. The molecule has 3 rings (SSSR count). The van der Waals surface area contributed by atoms with Gasteiger partial charge in [-0.3, -0.25) is 0 Å². The molecule has 24 heavy (non-hydrogen) atoms. The molecule has 0 fully saturated rings. The molecule has 3 heteroatoms. The summed E-state index contributed by atoms with van der Waals surface area (Å²) in [5.41, 5.74) is 4.39. The van der Waals surface area contributed by atoms with E-state index in [0.29, 0.717) is 0 Å². The summed E-state index contributed by atoms with van der Waals surface area (Å²) in [5, 5.41) is 8.83. The van der Waals surface area contributed by atoms with E-state index in [1.165, 1.54) is 12.1 Å². The van der Waals surface area contributed by atoms with Gasteiger partial charge in [0.1, 0.15) is 11.5 Å². The minimum absolute atomic E-state index is 0.260. The molecule has 0 aliphatic carbocycles. The van der Waals surface area contributed by atoms with Crippen LogP contribution >= 0.6 is 0 Å². The molecular formula is C21H17FN2. The Morgan fingerprint density at radius 3 is 1.62 bits per heavy atom. The van der Waals surface area contributed by atoms with Crippen molar-refractivity contribution in [1.29, 1.82) is 0 Å². The summed E-state index contributed by atoms with van der Waals surface area (Å²) >= 11 is 0. The molecule has 0 unspecified atom stereocenters. The quantitative estimate of drug-likeness (QED) is 0.473. The summed E-state index contributed by atoms with van der Waals surface area (Å²) in [4.78, 5) is 0. The third-order valence-electron chi connectivity index (χ3n) is 3.66. The minimum atomic E-state index is -0.260. The van der Waals surface area contributed by atoms with Crippen molar-refractivity contribution in [2.75, 3.05) is 0 Å². The summed E-state index contributed by atoms with van der Waals surface area (Å²) in [5.74, 6) is -0.260. The number of benzene rings is 3. The second-order valence-corrected chi connectivity index (χ2v) is 5.37. The van der Waals surface area contributed by atoms with Gasteiger partial charge in [0.2, 0.25) is 0 Å². The molecule has 0 spiro atoms. The molecular weight excluding hydrogens is 299 g/mol. The third kappa shape index (κ3) is 3.82. The molecule has 0 aromatic heterocycles. The van der Waals surface area contributed by atoms with Gasteiger partial charge >= 0.3 is 0 Å². The van der Waals surface area contributed by atoms with Gasteiger partial charge in [-0.15, -0.1) is 5.10 Å². The van der Waals surface area contributed by atoms with Gasteiger partial charge in [-0.2, -0.15) is 5.10 Å². The van der Waals surface area contributed by atoms with Crippen LogP contribution in [0.3, 0.4) is 0 Å². The fraction of sp³-hybridized carbons (Fsp3) is 0.0476. The second-order valence-electron chi connectivity index (χ2n) is 5.37. The fourth-order valence-electron chi connectivity index (χ4n) is 2.35. The highest BCUT2D eigenvalue weighted by Crippen LogP contribution is 2.12. The molecule has 0 radical (unpaired) electrons. The number of rotatable bonds is 4. The lowest BCUT2D eigenvalue weighted by molar-refractivity contribution is 0.628. The van der Waals surface area contributed by atoms with Gasteiger partial charge in [-0.05, 0) is 24.6 Å². The van der Waals surface area contributed by atoms with Crippen molar-refractivity contribution in [1.82, 2.24) is 0 Å². The maximum Gasteiger partial charge on any atom is 0.123 e. The Kier molecular flexibility index (Phi) is 4.92. The molecule has 0 bridgehead atoms. The smallest absolute Gasteiger partial charge is 0.123 e. The average molecular weight is 316 g/mol. The molecule has 118 valence electrons. The Morgan fingerprint density at radius 1 is 0.625 bits per heavy atom. The number of nitrogens with zero attached hydrogens (tertiary/aromatic N) is 2. The van der Waals surface area contributed by atoms with Crippen LogP contribution in [-0.2, 0) is 0 Å². The zero-order chi connectivity index (χ0) is 16.8. The van der Waals surface area contributed by atoms with Gasteiger partial charge in [0.05, 0.1) is 5.71 Å². The standard InChI is InChI=1S/C21H17FN2/c1-16(17-12-14-20(22)15-13-17)23-24-21(18-8-4-2-5-9-18)19-10-6-3-7-11-19/h2-15H,1H3/b23-16-. The van der Waals surface area contributed by atoms with E-state index in [1.54, 1.807) is 12.1 Å². The monoisotopic (exact) mass is 316 g/mol. The van der Waals surface area contributed by atoms with Crippen molar-refractivity contribution in [3.63, 3.8) is 0 Å². The first-order chi connectivity index (χ1) is 11.7. The molecule has 3 aromatic carbocycles. The van der Waals surface area contributed by atoms with Gasteiger partial charge in [0, 0.05) is 11.1 Å². The maximum atomic E-state index is 13.0. The Bertz CT molecular complexity index is 810. The molecule has 0 heterocycles. The van der Waals surface area contributed by atoms with Crippen LogP contribution < -0.4 is 0 Å². The van der Waals surface area contributed by atoms with E-state index in [1.807, 2.05) is 67.6 Å². The van der Waals surface area contributed by atoms with Crippen molar-refractivity contribution in [2.45, 2.75) is 6.92 Å². The van der Waals surface area contributed by atoms with Gasteiger partial charge in [-0.1, -0.05) is 72.8 Å².